The van der Waals surface area contributed by atoms with Gasteiger partial charge in [0.25, 0.3) is 0 Å². The van der Waals surface area contributed by atoms with E-state index in [0.29, 0.717) is 37.2 Å². The van der Waals surface area contributed by atoms with Gasteiger partial charge in [-0.3, -0.25) is 19.2 Å². The normalized spacial score (nSPS) is 18.0. The van der Waals surface area contributed by atoms with Crippen molar-refractivity contribution in [2.45, 2.75) is 104 Å². The maximum Gasteiger partial charge on any atom is 0.418 e. The van der Waals surface area contributed by atoms with E-state index in [4.69, 9.17) is 0 Å². The quantitative estimate of drug-likeness (QED) is 0.117. The van der Waals surface area contributed by atoms with Crippen molar-refractivity contribution in [1.82, 2.24) is 31.2 Å². The van der Waals surface area contributed by atoms with Crippen LogP contribution in [0.3, 0.4) is 0 Å². The first-order chi connectivity index (χ1) is 25.6. The van der Waals surface area contributed by atoms with Crippen molar-refractivity contribution >= 4 is 34.5 Å². The van der Waals surface area contributed by atoms with E-state index in [1.165, 1.54) is 24.3 Å². The molecule has 0 aliphatic heterocycles. The second-order valence-electron chi connectivity index (χ2n) is 14.4. The van der Waals surface area contributed by atoms with E-state index >= 15 is 0 Å². The number of H-pyrrole nitrogens is 1. The molecule has 2 aromatic carbocycles. The van der Waals surface area contributed by atoms with Crippen molar-refractivity contribution in [3.8, 4) is 0 Å². The zero-order chi connectivity index (χ0) is 39.8. The van der Waals surface area contributed by atoms with Gasteiger partial charge >= 0.3 is 6.18 Å². The second-order valence-corrected chi connectivity index (χ2v) is 14.4. The highest BCUT2D eigenvalue weighted by Crippen LogP contribution is 2.40. The number of hydrogen-bond acceptors (Lipinski definition) is 5. The third kappa shape index (κ3) is 9.79. The van der Waals surface area contributed by atoms with Gasteiger partial charge in [-0.05, 0) is 61.0 Å². The fraction of sp³-hybridized carbons (Fsp3) is 0.550. The number of rotatable bonds is 17. The number of likely N-dealkylation sites (N-methyl/N-ethyl adjacent to an activating group) is 1. The van der Waals surface area contributed by atoms with E-state index in [1.807, 2.05) is 34.6 Å². The number of para-hydroxylation sites is 1. The molecule has 1 aliphatic carbocycles. The van der Waals surface area contributed by atoms with Crippen molar-refractivity contribution in [2.24, 2.45) is 11.8 Å². The summed E-state index contributed by atoms with van der Waals surface area (Å²) in [6, 6.07) is 7.56. The standard InChI is InChI=1S/C40H54F4N6O4/c1-7-24(5)33(36(52)45-20-21-50(9-3)10-4)48-38(54)39(19-18-31-28(23-39)27-15-13-16-29(35(27)46-31)40(42,43)44)49-37(53)34(25(6)8-2)47-32(51)22-26-14-11-12-17-30(26)41/h11-17,24-25,33-34,46H,7-10,18-23H2,1-6H3,(H,45,52)(H,47,51)(H,48,54)(H,49,53)/t24-,25?,33?,34-,39+/m0/s1. The first-order valence-corrected chi connectivity index (χ1v) is 18.9. The number of carbonyl (C=O) groups excluding carboxylic acids is 4. The van der Waals surface area contributed by atoms with Gasteiger partial charge in [-0.2, -0.15) is 13.2 Å². The van der Waals surface area contributed by atoms with Crippen LogP contribution < -0.4 is 21.3 Å². The number of nitrogens with zero attached hydrogens (tertiary/aromatic N) is 1. The first kappa shape index (κ1) is 42.3. The first-order valence-electron chi connectivity index (χ1n) is 18.9. The largest absolute Gasteiger partial charge is 0.418 e. The number of benzene rings is 2. The maximum atomic E-state index is 14.7. The molecule has 2 unspecified atom stereocenters. The fourth-order valence-electron chi connectivity index (χ4n) is 7.09. The van der Waals surface area contributed by atoms with Crippen molar-refractivity contribution < 1.29 is 36.7 Å². The third-order valence-corrected chi connectivity index (χ3v) is 10.9. The van der Waals surface area contributed by atoms with Crippen molar-refractivity contribution in [3.05, 3.63) is 70.7 Å². The summed E-state index contributed by atoms with van der Waals surface area (Å²) < 4.78 is 56.6. The predicted octanol–water partition coefficient (Wildman–Crippen LogP) is 5.43. The highest BCUT2D eigenvalue weighted by Gasteiger charge is 2.47. The number of hydrogen-bond donors (Lipinski definition) is 5. The number of aryl methyl sites for hydroxylation is 1. The molecular formula is C40H54F4N6O4. The molecule has 0 saturated carbocycles. The number of fused-ring (bicyclic) bond motifs is 3. The van der Waals surface area contributed by atoms with Gasteiger partial charge in [-0.25, -0.2) is 4.39 Å². The predicted molar refractivity (Wildman–Crippen MR) is 200 cm³/mol. The molecular weight excluding hydrogens is 704 g/mol. The Kier molecular flexibility index (Phi) is 14.3. The number of nitrogens with one attached hydrogen (secondary N) is 5. The Balaban J connectivity index is 1.71. The highest BCUT2D eigenvalue weighted by atomic mass is 19.4. The Labute approximate surface area is 314 Å². The van der Waals surface area contributed by atoms with Crippen LogP contribution in [-0.4, -0.2) is 77.3 Å². The summed E-state index contributed by atoms with van der Waals surface area (Å²) in [5, 5.41) is 11.8. The fourth-order valence-corrected chi connectivity index (χ4v) is 7.09. The monoisotopic (exact) mass is 758 g/mol. The summed E-state index contributed by atoms with van der Waals surface area (Å²) >= 11 is 0. The summed E-state index contributed by atoms with van der Waals surface area (Å²) in [7, 11) is 0. The van der Waals surface area contributed by atoms with Gasteiger partial charge in [0, 0.05) is 30.6 Å². The zero-order valence-electron chi connectivity index (χ0n) is 32.0. The molecule has 3 aromatic rings. The van der Waals surface area contributed by atoms with Crippen molar-refractivity contribution in [3.63, 3.8) is 0 Å². The third-order valence-electron chi connectivity index (χ3n) is 10.9. The molecule has 1 aromatic heterocycles. The van der Waals surface area contributed by atoms with E-state index in [1.54, 1.807) is 19.1 Å². The molecule has 14 heteroatoms. The van der Waals surface area contributed by atoms with E-state index in [2.05, 4.69) is 31.2 Å². The molecule has 0 bridgehead atoms. The molecule has 5 N–H and O–H groups in total. The van der Waals surface area contributed by atoms with E-state index in [-0.39, 0.29) is 54.0 Å². The lowest BCUT2D eigenvalue weighted by molar-refractivity contribution is -0.139. The molecule has 54 heavy (non-hydrogen) atoms. The van der Waals surface area contributed by atoms with Gasteiger partial charge in [-0.15, -0.1) is 0 Å². The van der Waals surface area contributed by atoms with Crippen LogP contribution in [0.2, 0.25) is 0 Å². The van der Waals surface area contributed by atoms with Crippen LogP contribution in [0.15, 0.2) is 42.5 Å². The van der Waals surface area contributed by atoms with Crippen LogP contribution in [0.4, 0.5) is 17.6 Å². The minimum Gasteiger partial charge on any atom is -0.358 e. The number of amides is 4. The number of alkyl halides is 3. The Bertz CT molecular complexity index is 1790. The number of carbonyl (C=O) groups is 4. The molecule has 0 radical (unpaired) electrons. The van der Waals surface area contributed by atoms with Crippen LogP contribution in [0.1, 0.15) is 83.2 Å². The Morgan fingerprint density at radius 2 is 1.54 bits per heavy atom. The topological polar surface area (TPSA) is 135 Å². The molecule has 0 spiro atoms. The van der Waals surface area contributed by atoms with E-state index in [0.717, 1.165) is 19.2 Å². The lowest BCUT2D eigenvalue weighted by Gasteiger charge is -2.39. The molecule has 4 amide bonds. The minimum atomic E-state index is -4.64. The lowest BCUT2D eigenvalue weighted by Crippen LogP contribution is -2.67. The van der Waals surface area contributed by atoms with Crippen LogP contribution in [0.25, 0.3) is 10.9 Å². The number of aromatic nitrogens is 1. The molecule has 4 rings (SSSR count). The van der Waals surface area contributed by atoms with Crippen LogP contribution in [-0.2, 0) is 44.6 Å². The number of halogens is 4. The Morgan fingerprint density at radius 1 is 0.889 bits per heavy atom. The smallest absolute Gasteiger partial charge is 0.358 e. The van der Waals surface area contributed by atoms with Crippen molar-refractivity contribution in [2.75, 3.05) is 26.2 Å². The molecule has 0 fully saturated rings. The molecule has 296 valence electrons. The van der Waals surface area contributed by atoms with Gasteiger partial charge in [0.15, 0.2) is 0 Å². The zero-order valence-corrected chi connectivity index (χ0v) is 32.0. The Hall–Kier alpha value is -4.46. The van der Waals surface area contributed by atoms with Gasteiger partial charge in [-0.1, -0.05) is 84.7 Å². The van der Waals surface area contributed by atoms with E-state index in [9.17, 15) is 36.7 Å². The summed E-state index contributed by atoms with van der Waals surface area (Å²) in [6.45, 7) is 14.0. The van der Waals surface area contributed by atoms with Gasteiger partial charge in [0.2, 0.25) is 23.6 Å². The summed E-state index contributed by atoms with van der Waals surface area (Å²) in [5.41, 5.74) is -1.55. The van der Waals surface area contributed by atoms with Gasteiger partial charge < -0.3 is 31.2 Å². The minimum absolute atomic E-state index is 0.00104. The number of aromatic amines is 1. The lowest BCUT2D eigenvalue weighted by atomic mass is 9.78. The molecule has 5 atom stereocenters. The highest BCUT2D eigenvalue weighted by molar-refractivity contribution is 5.98. The second kappa shape index (κ2) is 18.2. The molecule has 10 nitrogen and oxygen atoms in total. The average molecular weight is 759 g/mol. The molecule has 0 saturated heterocycles. The maximum absolute atomic E-state index is 14.7. The SMILES string of the molecule is CCC(C)[C@H](NC(=O)Cc1ccccc1F)C(=O)N[C@]1(C(=O)NC(C(=O)NCCN(CC)CC)[C@@H](C)CC)CCc2[nH]c3c(C(F)(F)F)cccc3c2C1. The molecule has 1 aliphatic rings. The summed E-state index contributed by atoms with van der Waals surface area (Å²) in [5.74, 6) is -3.60. The summed E-state index contributed by atoms with van der Waals surface area (Å²) in [4.78, 5) is 60.9. The summed E-state index contributed by atoms with van der Waals surface area (Å²) in [6.07, 6.45) is -4.00. The van der Waals surface area contributed by atoms with Gasteiger partial charge in [0.05, 0.1) is 17.5 Å². The van der Waals surface area contributed by atoms with Crippen LogP contribution in [0.5, 0.6) is 0 Å². The van der Waals surface area contributed by atoms with Crippen LogP contribution in [0, 0.1) is 17.7 Å². The molecule has 1 heterocycles. The Morgan fingerprint density at radius 3 is 2.15 bits per heavy atom. The van der Waals surface area contributed by atoms with Gasteiger partial charge in [0.1, 0.15) is 23.4 Å². The van der Waals surface area contributed by atoms with Crippen LogP contribution >= 0.6 is 0 Å². The average Bonchev–Trinajstić information content (AvgIpc) is 3.51. The van der Waals surface area contributed by atoms with E-state index < -0.39 is 58.8 Å². The van der Waals surface area contributed by atoms with Crippen molar-refractivity contribution in [1.29, 1.82) is 0 Å².